The van der Waals surface area contributed by atoms with Crippen molar-refractivity contribution in [1.29, 1.82) is 0 Å². The Morgan fingerprint density at radius 3 is 2.19 bits per heavy atom. The predicted molar refractivity (Wildman–Crippen MR) is 118 cm³/mol. The van der Waals surface area contributed by atoms with Gasteiger partial charge in [0.1, 0.15) is 11.4 Å². The average molecular weight is 461 g/mol. The molecule has 10 heteroatoms. The molecule has 0 aliphatic rings. The van der Waals surface area contributed by atoms with Gasteiger partial charge in [-0.25, -0.2) is 13.2 Å². The summed E-state index contributed by atoms with van der Waals surface area (Å²) in [6.45, 7) is 5.92. The second-order valence-electron chi connectivity index (χ2n) is 6.73. The van der Waals surface area contributed by atoms with Gasteiger partial charge in [0.25, 0.3) is 10.0 Å². The summed E-state index contributed by atoms with van der Waals surface area (Å²) < 4.78 is 37.8. The molecule has 32 heavy (non-hydrogen) atoms. The number of carbonyl (C=O) groups excluding carboxylic acids is 3. The second kappa shape index (κ2) is 10.1. The van der Waals surface area contributed by atoms with E-state index < -0.39 is 33.5 Å². The maximum Gasteiger partial charge on any atom is 0.354 e. The van der Waals surface area contributed by atoms with Gasteiger partial charge in [-0.05, 0) is 35.4 Å². The molecule has 0 fully saturated rings. The lowest BCUT2D eigenvalue weighted by Gasteiger charge is -2.21. The van der Waals surface area contributed by atoms with Gasteiger partial charge in [-0.15, -0.1) is 0 Å². The van der Waals surface area contributed by atoms with E-state index in [9.17, 15) is 22.8 Å². The van der Waals surface area contributed by atoms with E-state index in [4.69, 9.17) is 4.74 Å². The fraction of sp³-hybridized carbons (Fsp3) is 0.227. The predicted octanol–water partition coefficient (Wildman–Crippen LogP) is 2.15. The Bertz CT molecular complexity index is 1160. The summed E-state index contributed by atoms with van der Waals surface area (Å²) in [5.41, 5.74) is 0.739. The maximum absolute atomic E-state index is 13.0. The Kier molecular flexibility index (Phi) is 7.77. The number of imide groups is 1. The SMILES string of the molecule is C=C(NS(=O)(=O)c1ccc(OC)cc1Cc1ccccc1N(C(C)=O)C(C)=O)C(=O)OC. The quantitative estimate of drug-likeness (QED) is 0.473. The third-order valence-corrected chi connectivity index (χ3v) is 5.98. The van der Waals surface area contributed by atoms with Gasteiger partial charge in [-0.1, -0.05) is 24.8 Å². The summed E-state index contributed by atoms with van der Waals surface area (Å²) in [7, 11) is -1.67. The van der Waals surface area contributed by atoms with Crippen molar-refractivity contribution in [1.82, 2.24) is 4.72 Å². The number of amides is 2. The van der Waals surface area contributed by atoms with Gasteiger partial charge >= 0.3 is 5.97 Å². The summed E-state index contributed by atoms with van der Waals surface area (Å²) in [6.07, 6.45) is 0.0470. The van der Waals surface area contributed by atoms with Gasteiger partial charge in [0, 0.05) is 20.3 Å². The molecule has 0 unspecified atom stereocenters. The fourth-order valence-electron chi connectivity index (χ4n) is 3.11. The van der Waals surface area contributed by atoms with E-state index in [1.54, 1.807) is 24.3 Å². The van der Waals surface area contributed by atoms with E-state index in [1.165, 1.54) is 39.2 Å². The van der Waals surface area contributed by atoms with Crippen LogP contribution in [0.15, 0.2) is 59.6 Å². The van der Waals surface area contributed by atoms with Crippen molar-refractivity contribution in [3.05, 3.63) is 65.9 Å². The molecular weight excluding hydrogens is 436 g/mol. The topological polar surface area (TPSA) is 119 Å². The Morgan fingerprint density at radius 2 is 1.62 bits per heavy atom. The average Bonchev–Trinajstić information content (AvgIpc) is 2.73. The smallest absolute Gasteiger partial charge is 0.354 e. The lowest BCUT2D eigenvalue weighted by Crippen LogP contribution is -2.34. The zero-order chi connectivity index (χ0) is 24.1. The number of anilines is 1. The van der Waals surface area contributed by atoms with Crippen molar-refractivity contribution in [2.24, 2.45) is 0 Å². The second-order valence-corrected chi connectivity index (χ2v) is 8.38. The van der Waals surface area contributed by atoms with E-state index in [0.29, 0.717) is 22.6 Å². The summed E-state index contributed by atoms with van der Waals surface area (Å²) in [4.78, 5) is 36.6. The first-order valence-corrected chi connectivity index (χ1v) is 10.9. The first-order valence-electron chi connectivity index (χ1n) is 9.38. The van der Waals surface area contributed by atoms with E-state index in [0.717, 1.165) is 12.0 Å². The Hall–Kier alpha value is -3.66. The molecule has 0 aliphatic heterocycles. The number of ether oxygens (including phenoxy) is 2. The molecule has 0 radical (unpaired) electrons. The molecule has 2 aromatic rings. The van der Waals surface area contributed by atoms with Gasteiger partial charge in [0.15, 0.2) is 0 Å². The Labute approximate surface area is 186 Å². The van der Waals surface area contributed by atoms with Crippen molar-refractivity contribution in [3.8, 4) is 5.75 Å². The highest BCUT2D eigenvalue weighted by Crippen LogP contribution is 2.29. The number of para-hydroxylation sites is 1. The zero-order valence-electron chi connectivity index (χ0n) is 18.2. The van der Waals surface area contributed by atoms with Crippen LogP contribution in [0.5, 0.6) is 5.75 Å². The number of nitrogens with one attached hydrogen (secondary N) is 1. The van der Waals surface area contributed by atoms with Crippen molar-refractivity contribution in [2.75, 3.05) is 19.1 Å². The summed E-state index contributed by atoms with van der Waals surface area (Å²) in [6, 6.07) is 11.0. The molecule has 2 rings (SSSR count). The highest BCUT2D eigenvalue weighted by molar-refractivity contribution is 7.89. The van der Waals surface area contributed by atoms with E-state index in [1.807, 2.05) is 0 Å². The largest absolute Gasteiger partial charge is 0.497 e. The minimum Gasteiger partial charge on any atom is -0.497 e. The van der Waals surface area contributed by atoms with Gasteiger partial charge < -0.3 is 9.47 Å². The van der Waals surface area contributed by atoms with Crippen LogP contribution in [-0.4, -0.2) is 40.4 Å². The maximum atomic E-state index is 13.0. The van der Waals surface area contributed by atoms with Gasteiger partial charge in [-0.3, -0.25) is 19.2 Å². The van der Waals surface area contributed by atoms with Crippen LogP contribution in [0.25, 0.3) is 0 Å². The minimum atomic E-state index is -4.21. The van der Waals surface area contributed by atoms with E-state index >= 15 is 0 Å². The van der Waals surface area contributed by atoms with Gasteiger partial charge in [-0.2, -0.15) is 0 Å². The minimum absolute atomic E-state index is 0.0470. The van der Waals surface area contributed by atoms with Crippen molar-refractivity contribution in [3.63, 3.8) is 0 Å². The molecule has 0 bridgehead atoms. The summed E-state index contributed by atoms with van der Waals surface area (Å²) in [5, 5.41) is 0. The third-order valence-electron chi connectivity index (χ3n) is 4.49. The van der Waals surface area contributed by atoms with E-state index in [-0.39, 0.29) is 11.3 Å². The molecule has 2 amide bonds. The van der Waals surface area contributed by atoms with Crippen LogP contribution < -0.4 is 14.4 Å². The van der Waals surface area contributed by atoms with Crippen LogP contribution in [0.1, 0.15) is 25.0 Å². The number of sulfonamides is 1. The number of methoxy groups -OCH3 is 2. The van der Waals surface area contributed by atoms with Crippen LogP contribution in [0.2, 0.25) is 0 Å². The molecule has 170 valence electrons. The van der Waals surface area contributed by atoms with Crippen LogP contribution in [0.3, 0.4) is 0 Å². The molecule has 0 aromatic heterocycles. The number of benzene rings is 2. The van der Waals surface area contributed by atoms with Crippen molar-refractivity contribution in [2.45, 2.75) is 25.2 Å². The number of hydrogen-bond acceptors (Lipinski definition) is 7. The molecule has 0 spiro atoms. The number of nitrogens with zero attached hydrogens (tertiary/aromatic N) is 1. The number of hydrogen-bond donors (Lipinski definition) is 1. The molecule has 2 aromatic carbocycles. The third kappa shape index (κ3) is 5.52. The van der Waals surface area contributed by atoms with Crippen LogP contribution in [0.4, 0.5) is 5.69 Å². The lowest BCUT2D eigenvalue weighted by atomic mass is 10.0. The highest BCUT2D eigenvalue weighted by atomic mass is 32.2. The fourth-order valence-corrected chi connectivity index (χ4v) is 4.35. The Morgan fingerprint density at radius 1 is 1.00 bits per heavy atom. The summed E-state index contributed by atoms with van der Waals surface area (Å²) in [5.74, 6) is -1.47. The molecule has 0 atom stereocenters. The molecule has 0 aliphatic carbocycles. The number of rotatable bonds is 8. The molecular formula is C22H24N2O7S. The molecule has 0 heterocycles. The normalized spacial score (nSPS) is 10.8. The van der Waals surface area contributed by atoms with E-state index in [2.05, 4.69) is 16.0 Å². The monoisotopic (exact) mass is 460 g/mol. The zero-order valence-corrected chi connectivity index (χ0v) is 19.0. The standard InChI is InChI=1S/C22H24N2O7S/c1-14(22(27)31-5)23-32(28,29)21-11-10-19(30-4)13-18(21)12-17-8-6-7-9-20(17)24(15(2)25)16(3)26/h6-11,13,23H,1,12H2,2-5H3. The molecule has 0 saturated heterocycles. The number of esters is 1. The lowest BCUT2D eigenvalue weighted by molar-refractivity contribution is -0.136. The van der Waals surface area contributed by atoms with Gasteiger partial charge in [0.05, 0.1) is 24.8 Å². The first-order chi connectivity index (χ1) is 15.0. The number of carbonyl (C=O) groups is 3. The van der Waals surface area contributed by atoms with Crippen molar-refractivity contribution < 1.29 is 32.3 Å². The molecule has 0 saturated carbocycles. The highest BCUT2D eigenvalue weighted by Gasteiger charge is 2.25. The van der Waals surface area contributed by atoms with Crippen LogP contribution >= 0.6 is 0 Å². The van der Waals surface area contributed by atoms with Gasteiger partial charge in [0.2, 0.25) is 11.8 Å². The molecule has 9 nitrogen and oxygen atoms in total. The summed E-state index contributed by atoms with van der Waals surface area (Å²) >= 11 is 0. The van der Waals surface area contributed by atoms with Crippen molar-refractivity contribution >= 4 is 33.5 Å². The molecule has 1 N–H and O–H groups in total. The van der Waals surface area contributed by atoms with Crippen LogP contribution in [0, 0.1) is 0 Å². The first kappa shape index (κ1) is 24.6. The van der Waals surface area contributed by atoms with Crippen LogP contribution in [-0.2, 0) is 35.6 Å². The Balaban J connectivity index is 2.59.